The number of hydrogen-bond acceptors (Lipinski definition) is 8. The average Bonchev–Trinajstić information content (AvgIpc) is 2.72. The first-order valence-electron chi connectivity index (χ1n) is 9.06. The summed E-state index contributed by atoms with van der Waals surface area (Å²) in [4.78, 5) is 39.6. The van der Waals surface area contributed by atoms with Crippen molar-refractivity contribution in [2.75, 3.05) is 25.6 Å². The maximum Gasteiger partial charge on any atom is 0.338 e. The van der Waals surface area contributed by atoms with Gasteiger partial charge in [-0.3, -0.25) is 19.3 Å². The number of aromatic nitrogens is 2. The van der Waals surface area contributed by atoms with E-state index in [1.807, 2.05) is 13.0 Å². The molecule has 0 aliphatic rings. The van der Waals surface area contributed by atoms with E-state index in [9.17, 15) is 19.7 Å². The number of methoxy groups -OCH3 is 1. The number of pyridine rings is 1. The Kier molecular flexibility index (Phi) is 6.38. The van der Waals surface area contributed by atoms with E-state index in [1.54, 1.807) is 12.3 Å². The summed E-state index contributed by atoms with van der Waals surface area (Å²) in [6, 6.07) is 8.80. The fourth-order valence-corrected chi connectivity index (χ4v) is 2.80. The second-order valence-corrected chi connectivity index (χ2v) is 6.51. The molecule has 0 saturated heterocycles. The van der Waals surface area contributed by atoms with E-state index in [1.165, 1.54) is 29.7 Å². The van der Waals surface area contributed by atoms with Gasteiger partial charge in [-0.1, -0.05) is 6.07 Å². The molecule has 0 unspecified atom stereocenters. The minimum absolute atomic E-state index is 0.0205. The van der Waals surface area contributed by atoms with Gasteiger partial charge in [0.15, 0.2) is 0 Å². The molecule has 0 aliphatic carbocycles. The van der Waals surface area contributed by atoms with Gasteiger partial charge in [0.25, 0.3) is 11.2 Å². The van der Waals surface area contributed by atoms with Gasteiger partial charge in [-0.05, 0) is 30.7 Å². The zero-order valence-electron chi connectivity index (χ0n) is 16.5. The van der Waals surface area contributed by atoms with Crippen molar-refractivity contribution in [2.24, 2.45) is 0 Å². The standard InChI is InChI=1S/C20H20N4O6/c1-13-3-6-18-22-15(10-19(25)23(18)11-13)12-30-20(26)14-4-5-16(21-7-8-29-2)17(9-14)24(27)28/h3-6,9-11,21H,7-8,12H2,1-2H3. The Morgan fingerprint density at radius 3 is 2.80 bits per heavy atom. The average molecular weight is 412 g/mol. The number of anilines is 1. The monoisotopic (exact) mass is 412 g/mol. The molecule has 0 radical (unpaired) electrons. The maximum atomic E-state index is 12.4. The smallest absolute Gasteiger partial charge is 0.338 e. The lowest BCUT2D eigenvalue weighted by Crippen LogP contribution is -2.17. The first-order chi connectivity index (χ1) is 14.4. The molecule has 1 aromatic carbocycles. The first-order valence-corrected chi connectivity index (χ1v) is 9.06. The van der Waals surface area contributed by atoms with Gasteiger partial charge in [-0.2, -0.15) is 0 Å². The van der Waals surface area contributed by atoms with Gasteiger partial charge in [0.2, 0.25) is 0 Å². The SMILES string of the molecule is COCCNc1ccc(C(=O)OCc2cc(=O)n3cc(C)ccc3n2)cc1[N+](=O)[O-]. The van der Waals surface area contributed by atoms with E-state index in [0.29, 0.717) is 18.8 Å². The van der Waals surface area contributed by atoms with Crippen LogP contribution in [-0.4, -0.2) is 40.5 Å². The van der Waals surface area contributed by atoms with E-state index in [0.717, 1.165) is 11.6 Å². The number of fused-ring (bicyclic) bond motifs is 1. The van der Waals surface area contributed by atoms with E-state index in [2.05, 4.69) is 10.3 Å². The predicted molar refractivity (Wildman–Crippen MR) is 109 cm³/mol. The highest BCUT2D eigenvalue weighted by Crippen LogP contribution is 2.26. The lowest BCUT2D eigenvalue weighted by Gasteiger charge is -2.09. The van der Waals surface area contributed by atoms with Gasteiger partial charge >= 0.3 is 5.97 Å². The highest BCUT2D eigenvalue weighted by Gasteiger charge is 2.18. The fraction of sp³-hybridized carbons (Fsp3) is 0.250. The van der Waals surface area contributed by atoms with Gasteiger partial charge in [0.05, 0.1) is 22.8 Å². The molecule has 1 N–H and O–H groups in total. The molecule has 2 heterocycles. The second-order valence-electron chi connectivity index (χ2n) is 6.51. The Bertz CT molecular complexity index is 1160. The Balaban J connectivity index is 1.75. The molecule has 10 heteroatoms. The van der Waals surface area contributed by atoms with Crippen LogP contribution in [0.2, 0.25) is 0 Å². The summed E-state index contributed by atoms with van der Waals surface area (Å²) in [7, 11) is 1.52. The van der Waals surface area contributed by atoms with Gasteiger partial charge in [-0.25, -0.2) is 9.78 Å². The van der Waals surface area contributed by atoms with Crippen molar-refractivity contribution in [3.8, 4) is 0 Å². The third-order valence-corrected chi connectivity index (χ3v) is 4.26. The minimum Gasteiger partial charge on any atom is -0.456 e. The van der Waals surface area contributed by atoms with Crippen molar-refractivity contribution in [1.29, 1.82) is 0 Å². The molecular formula is C20H20N4O6. The highest BCUT2D eigenvalue weighted by atomic mass is 16.6. The summed E-state index contributed by atoms with van der Waals surface area (Å²) >= 11 is 0. The van der Waals surface area contributed by atoms with Crippen LogP contribution >= 0.6 is 0 Å². The molecule has 0 atom stereocenters. The summed E-state index contributed by atoms with van der Waals surface area (Å²) in [6.45, 7) is 2.38. The minimum atomic E-state index is -0.757. The quantitative estimate of drug-likeness (QED) is 0.259. The summed E-state index contributed by atoms with van der Waals surface area (Å²) in [5.41, 5.74) is 1.37. The normalized spacial score (nSPS) is 10.7. The number of aryl methyl sites for hydroxylation is 1. The van der Waals surface area contributed by atoms with Gasteiger partial charge in [-0.15, -0.1) is 0 Å². The summed E-state index contributed by atoms with van der Waals surface area (Å²) < 4.78 is 11.5. The number of nitro benzene ring substituents is 1. The van der Waals surface area contributed by atoms with Crippen LogP contribution in [-0.2, 0) is 16.1 Å². The van der Waals surface area contributed by atoms with Crippen molar-refractivity contribution in [2.45, 2.75) is 13.5 Å². The first kappa shape index (κ1) is 20.9. The number of nitro groups is 1. The number of hydrogen-bond donors (Lipinski definition) is 1. The largest absolute Gasteiger partial charge is 0.456 e. The molecule has 3 aromatic rings. The number of rotatable bonds is 8. The molecule has 156 valence electrons. The van der Waals surface area contributed by atoms with E-state index in [4.69, 9.17) is 9.47 Å². The molecular weight excluding hydrogens is 392 g/mol. The third-order valence-electron chi connectivity index (χ3n) is 4.26. The molecule has 0 bridgehead atoms. The van der Waals surface area contributed by atoms with Crippen molar-refractivity contribution in [3.05, 3.63) is 79.9 Å². The van der Waals surface area contributed by atoms with E-state index < -0.39 is 10.9 Å². The third kappa shape index (κ3) is 4.78. The van der Waals surface area contributed by atoms with Crippen LogP contribution in [0.5, 0.6) is 0 Å². The zero-order chi connectivity index (χ0) is 21.7. The van der Waals surface area contributed by atoms with Crippen LogP contribution in [0.4, 0.5) is 11.4 Å². The number of nitrogens with one attached hydrogen (secondary N) is 1. The molecule has 0 spiro atoms. The lowest BCUT2D eigenvalue weighted by atomic mass is 10.1. The van der Waals surface area contributed by atoms with Crippen molar-refractivity contribution >= 4 is 23.0 Å². The summed E-state index contributed by atoms with van der Waals surface area (Å²) in [5, 5.41) is 14.2. The Hall–Kier alpha value is -3.79. The van der Waals surface area contributed by atoms with Crippen LogP contribution in [0, 0.1) is 17.0 Å². The van der Waals surface area contributed by atoms with Crippen molar-refractivity contribution in [1.82, 2.24) is 9.38 Å². The fourth-order valence-electron chi connectivity index (χ4n) is 2.80. The molecule has 0 amide bonds. The second kappa shape index (κ2) is 9.14. The Morgan fingerprint density at radius 2 is 2.07 bits per heavy atom. The number of ether oxygens (including phenoxy) is 2. The van der Waals surface area contributed by atoms with Gasteiger partial charge in [0, 0.05) is 32.0 Å². The van der Waals surface area contributed by atoms with Crippen LogP contribution in [0.25, 0.3) is 5.65 Å². The maximum absolute atomic E-state index is 12.4. The van der Waals surface area contributed by atoms with Crippen LogP contribution in [0.1, 0.15) is 21.6 Å². The number of benzene rings is 1. The highest BCUT2D eigenvalue weighted by molar-refractivity contribution is 5.91. The molecule has 10 nitrogen and oxygen atoms in total. The number of carbonyl (C=O) groups is 1. The topological polar surface area (TPSA) is 125 Å². The van der Waals surface area contributed by atoms with Gasteiger partial charge in [0.1, 0.15) is 17.9 Å². The van der Waals surface area contributed by atoms with Crippen LogP contribution in [0.15, 0.2) is 47.4 Å². The lowest BCUT2D eigenvalue weighted by molar-refractivity contribution is -0.384. The van der Waals surface area contributed by atoms with Gasteiger partial charge < -0.3 is 14.8 Å². The van der Waals surface area contributed by atoms with E-state index in [-0.39, 0.29) is 34.8 Å². The Labute approximate surface area is 171 Å². The van der Waals surface area contributed by atoms with E-state index >= 15 is 0 Å². The number of carbonyl (C=O) groups excluding carboxylic acids is 1. The summed E-state index contributed by atoms with van der Waals surface area (Å²) in [6.07, 6.45) is 1.67. The number of nitrogens with zero attached hydrogens (tertiary/aromatic N) is 3. The van der Waals surface area contributed by atoms with Crippen LogP contribution in [0.3, 0.4) is 0 Å². The molecule has 0 saturated carbocycles. The van der Waals surface area contributed by atoms with Crippen LogP contribution < -0.4 is 10.9 Å². The zero-order valence-corrected chi connectivity index (χ0v) is 16.5. The number of esters is 1. The molecule has 0 aliphatic heterocycles. The Morgan fingerprint density at radius 1 is 1.27 bits per heavy atom. The van der Waals surface area contributed by atoms with Crippen molar-refractivity contribution in [3.63, 3.8) is 0 Å². The summed E-state index contributed by atoms with van der Waals surface area (Å²) in [5.74, 6) is -0.757. The van der Waals surface area contributed by atoms with Crippen molar-refractivity contribution < 1.29 is 19.2 Å². The molecule has 3 rings (SSSR count). The molecule has 2 aromatic heterocycles. The predicted octanol–water partition coefficient (Wildman–Crippen LogP) is 2.33. The molecule has 0 fully saturated rings. The molecule has 30 heavy (non-hydrogen) atoms.